The zero-order chi connectivity index (χ0) is 15.2. The maximum absolute atomic E-state index is 11.2. The highest BCUT2D eigenvalue weighted by Crippen LogP contribution is 2.30. The van der Waals surface area contributed by atoms with Crippen molar-refractivity contribution in [1.29, 1.82) is 0 Å². The van der Waals surface area contributed by atoms with Crippen molar-refractivity contribution in [2.75, 3.05) is 30.9 Å². The summed E-state index contributed by atoms with van der Waals surface area (Å²) in [6.45, 7) is 0.564. The van der Waals surface area contributed by atoms with Gasteiger partial charge in [-0.2, -0.15) is 0 Å². The first-order valence-corrected chi connectivity index (χ1v) is 6.54. The molecule has 0 spiro atoms. The van der Waals surface area contributed by atoms with Gasteiger partial charge in [0.25, 0.3) is 0 Å². The van der Waals surface area contributed by atoms with Crippen molar-refractivity contribution < 1.29 is 4.92 Å². The van der Waals surface area contributed by atoms with Gasteiger partial charge >= 0.3 is 5.69 Å². The Morgan fingerprint density at radius 1 is 1.24 bits per heavy atom. The van der Waals surface area contributed by atoms with Crippen LogP contribution in [0.2, 0.25) is 0 Å². The average molecular weight is 287 g/mol. The molecule has 0 aliphatic heterocycles. The van der Waals surface area contributed by atoms with E-state index in [0.29, 0.717) is 6.54 Å². The van der Waals surface area contributed by atoms with Gasteiger partial charge in [-0.25, -0.2) is 9.97 Å². The minimum atomic E-state index is -0.458. The molecule has 0 atom stereocenters. The second kappa shape index (κ2) is 6.65. The van der Waals surface area contributed by atoms with Gasteiger partial charge in [0, 0.05) is 20.6 Å². The third kappa shape index (κ3) is 3.65. The largest absolute Gasteiger partial charge is 0.364 e. The maximum Gasteiger partial charge on any atom is 0.353 e. The van der Waals surface area contributed by atoms with Gasteiger partial charge in [0.15, 0.2) is 0 Å². The third-order valence-corrected chi connectivity index (χ3v) is 2.96. The molecule has 1 aromatic heterocycles. The van der Waals surface area contributed by atoms with Gasteiger partial charge in [0.1, 0.15) is 6.33 Å². The molecule has 1 N–H and O–H groups in total. The van der Waals surface area contributed by atoms with Crippen LogP contribution in [0.25, 0.3) is 0 Å². The summed E-state index contributed by atoms with van der Waals surface area (Å²) in [5.41, 5.74) is 1.06. The first kappa shape index (κ1) is 14.7. The fraction of sp³-hybridized carbons (Fsp3) is 0.286. The third-order valence-electron chi connectivity index (χ3n) is 2.96. The highest BCUT2D eigenvalue weighted by molar-refractivity contribution is 5.69. The molecule has 7 nitrogen and oxygen atoms in total. The molecule has 1 heterocycles. The minimum Gasteiger partial charge on any atom is -0.364 e. The molecular formula is C14H17N5O2. The predicted molar refractivity (Wildman–Crippen MR) is 81.6 cm³/mol. The molecule has 2 aromatic rings. The van der Waals surface area contributed by atoms with Crippen LogP contribution in [0, 0.1) is 10.1 Å². The summed E-state index contributed by atoms with van der Waals surface area (Å²) in [5, 5.41) is 14.3. The van der Waals surface area contributed by atoms with Crippen LogP contribution in [0.4, 0.5) is 17.3 Å². The predicted octanol–water partition coefficient (Wildman–Crippen LogP) is 2.11. The molecule has 0 saturated carbocycles. The van der Waals surface area contributed by atoms with E-state index in [1.165, 1.54) is 6.33 Å². The summed E-state index contributed by atoms with van der Waals surface area (Å²) < 4.78 is 0. The Labute approximate surface area is 122 Å². The van der Waals surface area contributed by atoms with Crippen molar-refractivity contribution in [1.82, 2.24) is 9.97 Å². The molecule has 21 heavy (non-hydrogen) atoms. The fourth-order valence-corrected chi connectivity index (χ4v) is 1.96. The quantitative estimate of drug-likeness (QED) is 0.647. The van der Waals surface area contributed by atoms with Crippen LogP contribution >= 0.6 is 0 Å². The number of hydrogen-bond donors (Lipinski definition) is 1. The highest BCUT2D eigenvalue weighted by Gasteiger charge is 2.23. The van der Waals surface area contributed by atoms with Crippen LogP contribution in [-0.2, 0) is 6.42 Å². The molecule has 0 fully saturated rings. The van der Waals surface area contributed by atoms with E-state index in [9.17, 15) is 10.1 Å². The number of benzene rings is 1. The Bertz CT molecular complexity index is 616. The zero-order valence-corrected chi connectivity index (χ0v) is 12.0. The van der Waals surface area contributed by atoms with E-state index in [0.717, 1.165) is 12.0 Å². The van der Waals surface area contributed by atoms with Gasteiger partial charge in [-0.3, -0.25) is 10.1 Å². The molecule has 7 heteroatoms. The first-order valence-electron chi connectivity index (χ1n) is 6.54. The summed E-state index contributed by atoms with van der Waals surface area (Å²) in [5.74, 6) is 0.534. The summed E-state index contributed by atoms with van der Waals surface area (Å²) >= 11 is 0. The number of rotatable bonds is 6. The second-order valence-corrected chi connectivity index (χ2v) is 4.71. The van der Waals surface area contributed by atoms with Gasteiger partial charge in [-0.05, 0) is 12.0 Å². The van der Waals surface area contributed by atoms with Crippen LogP contribution in [-0.4, -0.2) is 35.5 Å². The highest BCUT2D eigenvalue weighted by atomic mass is 16.6. The van der Waals surface area contributed by atoms with Crippen molar-refractivity contribution in [3.05, 3.63) is 52.3 Å². The molecule has 2 rings (SSSR count). The van der Waals surface area contributed by atoms with Crippen LogP contribution in [0.5, 0.6) is 0 Å². The molecule has 0 saturated heterocycles. The van der Waals surface area contributed by atoms with Gasteiger partial charge < -0.3 is 10.2 Å². The molecule has 0 bridgehead atoms. The number of hydrogen-bond acceptors (Lipinski definition) is 6. The lowest BCUT2D eigenvalue weighted by Gasteiger charge is -2.13. The standard InChI is InChI=1S/C14H17N5O2/c1-18(2)14-12(19(20)21)13(16-10-17-14)15-9-8-11-6-4-3-5-7-11/h3-7,10H,8-9H2,1-2H3,(H,15,16,17). The number of nitrogens with zero attached hydrogens (tertiary/aromatic N) is 4. The minimum absolute atomic E-state index is 0.101. The van der Waals surface area contributed by atoms with E-state index in [-0.39, 0.29) is 17.3 Å². The Balaban J connectivity index is 2.13. The van der Waals surface area contributed by atoms with E-state index in [2.05, 4.69) is 15.3 Å². The summed E-state index contributed by atoms with van der Waals surface area (Å²) in [4.78, 5) is 20.3. The Morgan fingerprint density at radius 3 is 2.57 bits per heavy atom. The smallest absolute Gasteiger partial charge is 0.353 e. The second-order valence-electron chi connectivity index (χ2n) is 4.71. The first-order chi connectivity index (χ1) is 10.1. The van der Waals surface area contributed by atoms with Crippen LogP contribution in [0.1, 0.15) is 5.56 Å². The van der Waals surface area contributed by atoms with Crippen LogP contribution in [0.15, 0.2) is 36.7 Å². The van der Waals surface area contributed by atoms with E-state index < -0.39 is 4.92 Å². The van der Waals surface area contributed by atoms with E-state index >= 15 is 0 Å². The average Bonchev–Trinajstić information content (AvgIpc) is 2.47. The van der Waals surface area contributed by atoms with E-state index in [4.69, 9.17) is 0 Å². The van der Waals surface area contributed by atoms with Crippen LogP contribution in [0.3, 0.4) is 0 Å². The van der Waals surface area contributed by atoms with Crippen molar-refractivity contribution in [3.63, 3.8) is 0 Å². The van der Waals surface area contributed by atoms with Gasteiger partial charge in [-0.1, -0.05) is 30.3 Å². The van der Waals surface area contributed by atoms with Crippen LogP contribution < -0.4 is 10.2 Å². The molecule has 0 aliphatic carbocycles. The van der Waals surface area contributed by atoms with Crippen molar-refractivity contribution in [2.45, 2.75) is 6.42 Å². The molecule has 0 radical (unpaired) electrons. The maximum atomic E-state index is 11.2. The normalized spacial score (nSPS) is 10.2. The summed E-state index contributed by atoms with van der Waals surface area (Å²) in [6, 6.07) is 9.91. The monoisotopic (exact) mass is 287 g/mol. The van der Waals surface area contributed by atoms with E-state index in [1.807, 2.05) is 30.3 Å². The molecule has 0 amide bonds. The van der Waals surface area contributed by atoms with Gasteiger partial charge in [0.05, 0.1) is 4.92 Å². The SMILES string of the molecule is CN(C)c1ncnc(NCCc2ccccc2)c1[N+](=O)[O-]. The Hall–Kier alpha value is -2.70. The van der Waals surface area contributed by atoms with Crippen molar-refractivity contribution in [2.24, 2.45) is 0 Å². The Kier molecular flexibility index (Phi) is 4.65. The number of nitrogens with one attached hydrogen (secondary N) is 1. The van der Waals surface area contributed by atoms with Gasteiger partial charge in [-0.15, -0.1) is 0 Å². The summed E-state index contributed by atoms with van der Waals surface area (Å²) in [6.07, 6.45) is 2.09. The van der Waals surface area contributed by atoms with E-state index in [1.54, 1.807) is 19.0 Å². The molecular weight excluding hydrogens is 270 g/mol. The lowest BCUT2D eigenvalue weighted by atomic mass is 10.1. The fourth-order valence-electron chi connectivity index (χ4n) is 1.96. The number of anilines is 2. The molecule has 110 valence electrons. The number of nitro groups is 1. The molecule has 1 aromatic carbocycles. The van der Waals surface area contributed by atoms with Crippen molar-refractivity contribution in [3.8, 4) is 0 Å². The lowest BCUT2D eigenvalue weighted by molar-refractivity contribution is -0.383. The zero-order valence-electron chi connectivity index (χ0n) is 12.0. The number of aromatic nitrogens is 2. The topological polar surface area (TPSA) is 84.2 Å². The summed E-state index contributed by atoms with van der Waals surface area (Å²) in [7, 11) is 3.42. The van der Waals surface area contributed by atoms with Gasteiger partial charge in [0.2, 0.25) is 11.6 Å². The Morgan fingerprint density at radius 2 is 1.95 bits per heavy atom. The molecule has 0 unspecified atom stereocenters. The van der Waals surface area contributed by atoms with Crippen molar-refractivity contribution >= 4 is 17.3 Å². The molecule has 0 aliphatic rings. The lowest BCUT2D eigenvalue weighted by Crippen LogP contribution is -2.16.